The molecule has 0 aromatic rings. The molecule has 1 rings (SSSR count). The second kappa shape index (κ2) is 7.09. The molecule has 16 heavy (non-hydrogen) atoms. The predicted octanol–water partition coefficient (Wildman–Crippen LogP) is 1.58. The van der Waals surface area contributed by atoms with Crippen LogP contribution in [0.5, 0.6) is 0 Å². The molecule has 96 valence electrons. The molecule has 1 heterocycles. The van der Waals surface area contributed by atoms with Crippen molar-refractivity contribution in [1.82, 2.24) is 5.32 Å². The third-order valence-electron chi connectivity index (χ3n) is 2.36. The SMILES string of the molecule is FC(F)(F)COCCCOCC1CCNC1. The molecule has 1 fully saturated rings. The molecular weight excluding hydrogens is 223 g/mol. The summed E-state index contributed by atoms with van der Waals surface area (Å²) in [4.78, 5) is 0. The number of ether oxygens (including phenoxy) is 2. The van der Waals surface area contributed by atoms with E-state index in [2.05, 4.69) is 10.1 Å². The quantitative estimate of drug-likeness (QED) is 0.686. The Morgan fingerprint density at radius 1 is 1.19 bits per heavy atom. The minimum absolute atomic E-state index is 0.0996. The van der Waals surface area contributed by atoms with Crippen molar-refractivity contribution < 1.29 is 22.6 Å². The second-order valence-electron chi connectivity index (χ2n) is 3.96. The lowest BCUT2D eigenvalue weighted by molar-refractivity contribution is -0.174. The number of rotatable bonds is 7. The van der Waals surface area contributed by atoms with Gasteiger partial charge in [0, 0.05) is 19.8 Å². The first-order valence-corrected chi connectivity index (χ1v) is 5.51. The van der Waals surface area contributed by atoms with Crippen molar-refractivity contribution >= 4 is 0 Å². The van der Waals surface area contributed by atoms with Crippen molar-refractivity contribution in [1.29, 1.82) is 0 Å². The van der Waals surface area contributed by atoms with Crippen LogP contribution in [0.2, 0.25) is 0 Å². The van der Waals surface area contributed by atoms with E-state index in [-0.39, 0.29) is 6.61 Å². The average molecular weight is 241 g/mol. The summed E-state index contributed by atoms with van der Waals surface area (Å²) in [5, 5.41) is 3.22. The van der Waals surface area contributed by atoms with Crippen molar-refractivity contribution in [3.05, 3.63) is 0 Å². The first kappa shape index (κ1) is 13.7. The smallest absolute Gasteiger partial charge is 0.381 e. The number of hydrogen-bond donors (Lipinski definition) is 1. The highest BCUT2D eigenvalue weighted by molar-refractivity contribution is 4.70. The summed E-state index contributed by atoms with van der Waals surface area (Å²) in [7, 11) is 0. The molecule has 0 bridgehead atoms. The minimum Gasteiger partial charge on any atom is -0.381 e. The van der Waals surface area contributed by atoms with Gasteiger partial charge < -0.3 is 14.8 Å². The van der Waals surface area contributed by atoms with Gasteiger partial charge in [0.1, 0.15) is 6.61 Å². The van der Waals surface area contributed by atoms with E-state index in [9.17, 15) is 13.2 Å². The molecular formula is C10H18F3NO2. The largest absolute Gasteiger partial charge is 0.411 e. The summed E-state index contributed by atoms with van der Waals surface area (Å²) in [5.41, 5.74) is 0. The Kier molecular flexibility index (Phi) is 6.08. The lowest BCUT2D eigenvalue weighted by atomic mass is 10.1. The van der Waals surface area contributed by atoms with Gasteiger partial charge in [-0.1, -0.05) is 0 Å². The normalized spacial score (nSPS) is 21.6. The highest BCUT2D eigenvalue weighted by Crippen LogP contribution is 2.14. The summed E-state index contributed by atoms with van der Waals surface area (Å²) < 4.78 is 44.8. The molecule has 0 saturated carbocycles. The van der Waals surface area contributed by atoms with Crippen LogP contribution in [0.4, 0.5) is 13.2 Å². The lowest BCUT2D eigenvalue weighted by Gasteiger charge is -2.10. The first-order chi connectivity index (χ1) is 7.58. The lowest BCUT2D eigenvalue weighted by Crippen LogP contribution is -2.18. The molecule has 0 amide bonds. The first-order valence-electron chi connectivity index (χ1n) is 5.51. The molecule has 0 spiro atoms. The van der Waals surface area contributed by atoms with Crippen LogP contribution >= 0.6 is 0 Å². The Bertz CT molecular complexity index is 181. The fourth-order valence-corrected chi connectivity index (χ4v) is 1.56. The Hall–Kier alpha value is -0.330. The fraction of sp³-hybridized carbons (Fsp3) is 1.00. The Morgan fingerprint density at radius 3 is 2.56 bits per heavy atom. The maximum absolute atomic E-state index is 11.7. The highest BCUT2D eigenvalue weighted by Gasteiger charge is 2.27. The van der Waals surface area contributed by atoms with Crippen LogP contribution in [0, 0.1) is 5.92 Å². The summed E-state index contributed by atoms with van der Waals surface area (Å²) >= 11 is 0. The highest BCUT2D eigenvalue weighted by atomic mass is 19.4. The third kappa shape index (κ3) is 7.03. The van der Waals surface area contributed by atoms with Crippen LogP contribution in [0.15, 0.2) is 0 Å². The predicted molar refractivity (Wildman–Crippen MR) is 53.3 cm³/mol. The van der Waals surface area contributed by atoms with Crippen LogP contribution in [0.3, 0.4) is 0 Å². The molecule has 1 N–H and O–H groups in total. The zero-order valence-corrected chi connectivity index (χ0v) is 9.18. The van der Waals surface area contributed by atoms with Crippen LogP contribution in [0.1, 0.15) is 12.8 Å². The summed E-state index contributed by atoms with van der Waals surface area (Å²) in [5.74, 6) is 0.552. The maximum Gasteiger partial charge on any atom is 0.411 e. The van der Waals surface area contributed by atoms with Gasteiger partial charge in [0.25, 0.3) is 0 Å². The van der Waals surface area contributed by atoms with Gasteiger partial charge in [-0.3, -0.25) is 0 Å². The van der Waals surface area contributed by atoms with E-state index in [4.69, 9.17) is 4.74 Å². The Labute approximate surface area is 93.3 Å². The number of hydrogen-bond acceptors (Lipinski definition) is 3. The van der Waals surface area contributed by atoms with E-state index in [1.807, 2.05) is 0 Å². The van der Waals surface area contributed by atoms with Gasteiger partial charge in [0.15, 0.2) is 0 Å². The van der Waals surface area contributed by atoms with E-state index in [0.29, 0.717) is 25.6 Å². The van der Waals surface area contributed by atoms with Crippen LogP contribution in [-0.4, -0.2) is 45.7 Å². The Balaban J connectivity index is 1.81. The summed E-state index contributed by atoms with van der Waals surface area (Å²) in [6.07, 6.45) is -2.60. The third-order valence-corrected chi connectivity index (χ3v) is 2.36. The zero-order valence-electron chi connectivity index (χ0n) is 9.18. The zero-order chi connectivity index (χ0) is 11.9. The summed E-state index contributed by atoms with van der Waals surface area (Å²) in [6, 6.07) is 0. The van der Waals surface area contributed by atoms with Gasteiger partial charge in [0.2, 0.25) is 0 Å². The standard InChI is InChI=1S/C10H18F3NO2/c11-10(12,13)8-16-5-1-4-15-7-9-2-3-14-6-9/h9,14H,1-8H2. The molecule has 1 saturated heterocycles. The van der Waals surface area contributed by atoms with Crippen molar-refractivity contribution in [2.75, 3.05) is 39.5 Å². The van der Waals surface area contributed by atoms with Crippen molar-refractivity contribution in [2.24, 2.45) is 5.92 Å². The second-order valence-corrected chi connectivity index (χ2v) is 3.96. The van der Waals surface area contributed by atoms with Crippen LogP contribution in [-0.2, 0) is 9.47 Å². The van der Waals surface area contributed by atoms with Gasteiger partial charge in [-0.2, -0.15) is 13.2 Å². The van der Waals surface area contributed by atoms with Crippen LogP contribution < -0.4 is 5.32 Å². The molecule has 1 atom stereocenters. The van der Waals surface area contributed by atoms with Gasteiger partial charge in [-0.05, 0) is 25.3 Å². The van der Waals surface area contributed by atoms with Crippen molar-refractivity contribution in [3.63, 3.8) is 0 Å². The number of halogens is 3. The van der Waals surface area contributed by atoms with Crippen molar-refractivity contribution in [2.45, 2.75) is 19.0 Å². The average Bonchev–Trinajstić information content (AvgIpc) is 2.67. The van der Waals surface area contributed by atoms with Gasteiger partial charge in [-0.15, -0.1) is 0 Å². The van der Waals surface area contributed by atoms with Crippen molar-refractivity contribution in [3.8, 4) is 0 Å². The molecule has 0 aromatic carbocycles. The monoisotopic (exact) mass is 241 g/mol. The van der Waals surface area contributed by atoms with Crippen LogP contribution in [0.25, 0.3) is 0 Å². The molecule has 0 aromatic heterocycles. The fourth-order valence-electron chi connectivity index (χ4n) is 1.56. The van der Waals surface area contributed by atoms with E-state index in [1.54, 1.807) is 0 Å². The maximum atomic E-state index is 11.7. The van der Waals surface area contributed by atoms with Gasteiger partial charge >= 0.3 is 6.18 Å². The number of nitrogens with one attached hydrogen (secondary N) is 1. The topological polar surface area (TPSA) is 30.5 Å². The number of alkyl halides is 3. The minimum atomic E-state index is -4.23. The van der Waals surface area contributed by atoms with Gasteiger partial charge in [0.05, 0.1) is 6.61 Å². The van der Waals surface area contributed by atoms with E-state index < -0.39 is 12.8 Å². The molecule has 6 heteroatoms. The Morgan fingerprint density at radius 2 is 1.94 bits per heavy atom. The molecule has 1 unspecified atom stereocenters. The van der Waals surface area contributed by atoms with Gasteiger partial charge in [-0.25, -0.2) is 0 Å². The molecule has 0 radical (unpaired) electrons. The molecule has 1 aliphatic heterocycles. The van der Waals surface area contributed by atoms with E-state index in [1.165, 1.54) is 0 Å². The summed E-state index contributed by atoms with van der Waals surface area (Å²) in [6.45, 7) is 2.09. The molecule has 3 nitrogen and oxygen atoms in total. The molecule has 1 aliphatic rings. The molecule has 0 aliphatic carbocycles. The van der Waals surface area contributed by atoms with E-state index >= 15 is 0 Å². The van der Waals surface area contributed by atoms with E-state index in [0.717, 1.165) is 19.5 Å².